The van der Waals surface area contributed by atoms with Gasteiger partial charge in [-0.25, -0.2) is 12.8 Å². The number of likely N-dealkylation sites (tertiary alicyclic amines) is 1. The number of aromatic nitrogens is 4. The Morgan fingerprint density at radius 2 is 1.94 bits per heavy atom. The Morgan fingerprint density at radius 1 is 1.17 bits per heavy atom. The SMILES string of the molecule is Cn1cc(-c2nsc(N3CCC(N4CC[C@H](Oc5ccc(S(C)(=O)=O)cc5F)C4=O)CC3)n2)cn1. The smallest absolute Gasteiger partial charge is 0.263 e. The second-order valence-electron chi connectivity index (χ2n) is 8.81. The summed E-state index contributed by atoms with van der Waals surface area (Å²) >= 11 is 1.35. The molecule has 0 radical (unpaired) electrons. The molecule has 3 aromatic rings. The summed E-state index contributed by atoms with van der Waals surface area (Å²) in [6, 6.07) is 3.55. The molecule has 0 aliphatic carbocycles. The molecule has 2 fully saturated rings. The molecule has 5 rings (SSSR count). The number of aryl methyl sites for hydroxylation is 1. The van der Waals surface area contributed by atoms with Crippen LogP contribution < -0.4 is 9.64 Å². The Kier molecular flexibility index (Phi) is 6.21. The van der Waals surface area contributed by atoms with Crippen molar-refractivity contribution in [1.29, 1.82) is 0 Å². The molecule has 10 nitrogen and oxygen atoms in total. The molecule has 2 aliphatic rings. The summed E-state index contributed by atoms with van der Waals surface area (Å²) in [7, 11) is -1.68. The summed E-state index contributed by atoms with van der Waals surface area (Å²) in [6.45, 7) is 2.05. The molecule has 4 heterocycles. The zero-order chi connectivity index (χ0) is 24.7. The summed E-state index contributed by atoms with van der Waals surface area (Å²) in [5.41, 5.74) is 0.876. The Labute approximate surface area is 206 Å². The second-order valence-corrected chi connectivity index (χ2v) is 11.6. The van der Waals surface area contributed by atoms with Gasteiger partial charge in [0.05, 0.1) is 16.7 Å². The van der Waals surface area contributed by atoms with E-state index in [9.17, 15) is 17.6 Å². The van der Waals surface area contributed by atoms with E-state index in [0.717, 1.165) is 48.9 Å². The van der Waals surface area contributed by atoms with Crippen LogP contribution in [0.3, 0.4) is 0 Å². The number of ether oxygens (including phenoxy) is 1. The van der Waals surface area contributed by atoms with Crippen LogP contribution in [0, 0.1) is 5.82 Å². The Morgan fingerprint density at radius 3 is 2.60 bits per heavy atom. The molecule has 2 aliphatic heterocycles. The minimum atomic E-state index is -3.53. The number of amides is 1. The lowest BCUT2D eigenvalue weighted by atomic mass is 10.0. The molecule has 0 bridgehead atoms. The minimum Gasteiger partial charge on any atom is -0.477 e. The fourth-order valence-electron chi connectivity index (χ4n) is 4.47. The van der Waals surface area contributed by atoms with Crippen molar-refractivity contribution in [1.82, 2.24) is 24.0 Å². The van der Waals surface area contributed by atoms with E-state index in [2.05, 4.69) is 19.4 Å². The average molecular weight is 521 g/mol. The van der Waals surface area contributed by atoms with Crippen molar-refractivity contribution in [3.8, 4) is 17.1 Å². The summed E-state index contributed by atoms with van der Waals surface area (Å²) in [5, 5.41) is 5.01. The van der Waals surface area contributed by atoms with Gasteiger partial charge in [0.25, 0.3) is 5.91 Å². The summed E-state index contributed by atoms with van der Waals surface area (Å²) in [5.74, 6) is -0.417. The van der Waals surface area contributed by atoms with Gasteiger partial charge >= 0.3 is 0 Å². The van der Waals surface area contributed by atoms with E-state index in [0.29, 0.717) is 18.8 Å². The van der Waals surface area contributed by atoms with Gasteiger partial charge in [0.15, 0.2) is 33.3 Å². The average Bonchev–Trinajstić information content (AvgIpc) is 3.55. The fourth-order valence-corrected chi connectivity index (χ4v) is 5.85. The topological polar surface area (TPSA) is 111 Å². The van der Waals surface area contributed by atoms with Gasteiger partial charge in [0.1, 0.15) is 0 Å². The van der Waals surface area contributed by atoms with Crippen LogP contribution in [0.15, 0.2) is 35.5 Å². The highest BCUT2D eigenvalue weighted by atomic mass is 32.2. The van der Waals surface area contributed by atoms with Crippen molar-refractivity contribution >= 4 is 32.4 Å². The molecule has 0 N–H and O–H groups in total. The van der Waals surface area contributed by atoms with Gasteiger partial charge in [0.2, 0.25) is 5.13 Å². The fraction of sp³-hybridized carbons (Fsp3) is 0.455. The van der Waals surface area contributed by atoms with Crippen molar-refractivity contribution < 1.29 is 22.3 Å². The van der Waals surface area contributed by atoms with E-state index >= 15 is 0 Å². The van der Waals surface area contributed by atoms with Gasteiger partial charge in [-0.1, -0.05) is 0 Å². The quantitative estimate of drug-likeness (QED) is 0.486. The number of nitrogens with zero attached hydrogens (tertiary/aromatic N) is 6. The molecule has 0 spiro atoms. The standard InChI is InChI=1S/C22H25FN6O4S2/c1-27-13-14(12-24-27)20-25-22(34-26-20)28-8-5-15(6-9-28)29-10-7-19(21(29)30)33-18-4-3-16(11-17(18)23)35(2,31)32/h3-4,11-13,15,19H,5-10H2,1-2H3/t19-/m0/s1. The minimum absolute atomic E-state index is 0.0792. The molecule has 186 valence electrons. The molecule has 35 heavy (non-hydrogen) atoms. The molecule has 2 saturated heterocycles. The lowest BCUT2D eigenvalue weighted by Gasteiger charge is -2.36. The van der Waals surface area contributed by atoms with Gasteiger partial charge in [-0.2, -0.15) is 14.5 Å². The van der Waals surface area contributed by atoms with Crippen molar-refractivity contribution in [2.24, 2.45) is 7.05 Å². The summed E-state index contributed by atoms with van der Waals surface area (Å²) in [4.78, 5) is 21.5. The largest absolute Gasteiger partial charge is 0.477 e. The first kappa shape index (κ1) is 23.7. The van der Waals surface area contributed by atoms with Crippen LogP contribution in [0.1, 0.15) is 19.3 Å². The maximum Gasteiger partial charge on any atom is 0.263 e. The zero-order valence-corrected chi connectivity index (χ0v) is 20.9. The van der Waals surface area contributed by atoms with Gasteiger partial charge < -0.3 is 14.5 Å². The third-order valence-corrected chi connectivity index (χ3v) is 8.23. The first-order valence-electron chi connectivity index (χ1n) is 11.2. The summed E-state index contributed by atoms with van der Waals surface area (Å²) in [6.07, 6.45) is 5.88. The van der Waals surface area contributed by atoms with E-state index < -0.39 is 21.8 Å². The Hall–Kier alpha value is -3.06. The normalized spacial score (nSPS) is 19.5. The van der Waals surface area contributed by atoms with E-state index in [1.54, 1.807) is 10.9 Å². The third-order valence-electron chi connectivity index (χ3n) is 6.35. The molecule has 2 aromatic heterocycles. The van der Waals surface area contributed by atoms with Crippen molar-refractivity contribution in [2.45, 2.75) is 36.3 Å². The van der Waals surface area contributed by atoms with Crippen LogP contribution in [-0.2, 0) is 21.7 Å². The number of piperidine rings is 1. The highest BCUT2D eigenvalue weighted by Gasteiger charge is 2.39. The van der Waals surface area contributed by atoms with Crippen LogP contribution in [0.2, 0.25) is 0 Å². The first-order chi connectivity index (χ1) is 16.7. The van der Waals surface area contributed by atoms with Crippen LogP contribution in [0.25, 0.3) is 11.4 Å². The highest BCUT2D eigenvalue weighted by Crippen LogP contribution is 2.30. The van der Waals surface area contributed by atoms with Gasteiger partial charge in [0, 0.05) is 63.1 Å². The lowest BCUT2D eigenvalue weighted by Crippen LogP contribution is -2.47. The van der Waals surface area contributed by atoms with E-state index in [-0.39, 0.29) is 22.6 Å². The summed E-state index contributed by atoms with van der Waals surface area (Å²) < 4.78 is 49.4. The van der Waals surface area contributed by atoms with E-state index in [1.165, 1.54) is 23.7 Å². The van der Waals surface area contributed by atoms with Crippen LogP contribution in [0.4, 0.5) is 9.52 Å². The third kappa shape index (κ3) is 4.87. The number of rotatable bonds is 6. The van der Waals surface area contributed by atoms with E-state index in [4.69, 9.17) is 4.74 Å². The Balaban J connectivity index is 1.18. The predicted octanol–water partition coefficient (Wildman–Crippen LogP) is 2.13. The van der Waals surface area contributed by atoms with Gasteiger partial charge in [-0.3, -0.25) is 9.48 Å². The molecule has 13 heteroatoms. The number of anilines is 1. The number of hydrogen-bond acceptors (Lipinski definition) is 9. The predicted molar refractivity (Wildman–Crippen MR) is 128 cm³/mol. The van der Waals surface area contributed by atoms with Crippen molar-refractivity contribution in [2.75, 3.05) is 30.8 Å². The number of hydrogen-bond donors (Lipinski definition) is 0. The molecule has 1 atom stereocenters. The van der Waals surface area contributed by atoms with Crippen molar-refractivity contribution in [3.63, 3.8) is 0 Å². The number of carbonyl (C=O) groups excluding carboxylic acids is 1. The van der Waals surface area contributed by atoms with Gasteiger partial charge in [-0.15, -0.1) is 0 Å². The maximum absolute atomic E-state index is 14.4. The number of carbonyl (C=O) groups is 1. The molecular weight excluding hydrogens is 495 g/mol. The van der Waals surface area contributed by atoms with E-state index in [1.807, 2.05) is 18.1 Å². The monoisotopic (exact) mass is 520 g/mol. The Bertz CT molecular complexity index is 1350. The molecular formula is C22H25FN6O4S2. The lowest BCUT2D eigenvalue weighted by molar-refractivity contribution is -0.135. The first-order valence-corrected chi connectivity index (χ1v) is 13.9. The zero-order valence-electron chi connectivity index (χ0n) is 19.3. The molecule has 0 saturated carbocycles. The number of sulfone groups is 1. The van der Waals surface area contributed by atoms with Crippen LogP contribution >= 0.6 is 11.5 Å². The molecule has 1 amide bonds. The number of halogens is 1. The second kappa shape index (κ2) is 9.19. The maximum atomic E-state index is 14.4. The highest BCUT2D eigenvalue weighted by molar-refractivity contribution is 7.90. The number of benzene rings is 1. The van der Waals surface area contributed by atoms with Crippen molar-refractivity contribution in [3.05, 3.63) is 36.4 Å². The van der Waals surface area contributed by atoms with Crippen LogP contribution in [0.5, 0.6) is 5.75 Å². The molecule has 1 aromatic carbocycles. The molecule has 0 unspecified atom stereocenters. The van der Waals surface area contributed by atoms with Gasteiger partial charge in [-0.05, 0) is 31.0 Å². The van der Waals surface area contributed by atoms with Crippen LogP contribution in [-0.4, -0.2) is 76.4 Å².